The number of fused-ring (bicyclic) bond motifs is 1. The molecule has 0 bridgehead atoms. The third kappa shape index (κ3) is 2.98. The highest BCUT2D eigenvalue weighted by Crippen LogP contribution is 2.29. The zero-order valence-corrected chi connectivity index (χ0v) is 14.4. The van der Waals surface area contributed by atoms with Gasteiger partial charge in [-0.05, 0) is 37.9 Å². The number of hydrogen-bond donors (Lipinski definition) is 1. The average molecular weight is 333 g/mol. The van der Waals surface area contributed by atoms with Crippen molar-refractivity contribution in [3.8, 4) is 0 Å². The van der Waals surface area contributed by atoms with Gasteiger partial charge in [0.15, 0.2) is 0 Å². The normalized spacial score (nSPS) is 20.5. The number of nitrogens with zero attached hydrogens (tertiary/aromatic N) is 2. The monoisotopic (exact) mass is 333 g/mol. The number of rotatable bonds is 3. The molecule has 1 atom stereocenters. The van der Waals surface area contributed by atoms with Crippen LogP contribution < -0.4 is 5.32 Å². The minimum Gasteiger partial charge on any atom is -0.315 e. The van der Waals surface area contributed by atoms with E-state index in [9.17, 15) is 8.42 Å². The Kier molecular flexibility index (Phi) is 4.66. The van der Waals surface area contributed by atoms with Crippen LogP contribution in [0.5, 0.6) is 0 Å². The lowest BCUT2D eigenvalue weighted by Crippen LogP contribution is -2.43. The quantitative estimate of drug-likeness (QED) is 0.936. The van der Waals surface area contributed by atoms with Crippen molar-refractivity contribution in [1.29, 1.82) is 0 Å². The maximum absolute atomic E-state index is 13.4. The maximum atomic E-state index is 13.4. The van der Waals surface area contributed by atoms with E-state index in [1.807, 2.05) is 19.9 Å². The van der Waals surface area contributed by atoms with Crippen LogP contribution >= 0.6 is 0 Å². The molecule has 1 aromatic carbocycles. The fourth-order valence-electron chi connectivity index (χ4n) is 3.29. The molecule has 23 heavy (non-hydrogen) atoms. The van der Waals surface area contributed by atoms with Gasteiger partial charge in [-0.15, -0.1) is 0 Å². The van der Waals surface area contributed by atoms with Crippen molar-refractivity contribution in [2.75, 3.05) is 19.6 Å². The summed E-state index contributed by atoms with van der Waals surface area (Å²) in [4.78, 5) is 4.57. The molecule has 1 aliphatic heterocycles. The summed E-state index contributed by atoms with van der Waals surface area (Å²) in [6.07, 6.45) is 5.09. The molecule has 1 unspecified atom stereocenters. The van der Waals surface area contributed by atoms with Gasteiger partial charge < -0.3 is 5.32 Å². The summed E-state index contributed by atoms with van der Waals surface area (Å²) in [5.74, 6) is 0. The van der Waals surface area contributed by atoms with E-state index in [-0.39, 0.29) is 6.04 Å². The molecule has 1 N–H and O–H groups in total. The van der Waals surface area contributed by atoms with Gasteiger partial charge in [-0.2, -0.15) is 4.31 Å². The number of aromatic nitrogens is 1. The Hall–Kier alpha value is -1.50. The first-order chi connectivity index (χ1) is 11.1. The van der Waals surface area contributed by atoms with E-state index in [1.54, 1.807) is 28.8 Å². The van der Waals surface area contributed by atoms with Gasteiger partial charge in [0, 0.05) is 42.3 Å². The summed E-state index contributed by atoms with van der Waals surface area (Å²) in [6, 6.07) is 5.43. The van der Waals surface area contributed by atoms with E-state index in [0.717, 1.165) is 35.7 Å². The molecule has 0 saturated carbocycles. The van der Waals surface area contributed by atoms with Gasteiger partial charge >= 0.3 is 0 Å². The second kappa shape index (κ2) is 6.55. The van der Waals surface area contributed by atoms with E-state index in [1.165, 1.54) is 0 Å². The molecule has 0 amide bonds. The molecule has 1 aromatic heterocycles. The predicted molar refractivity (Wildman–Crippen MR) is 91.9 cm³/mol. The molecule has 0 radical (unpaired) electrons. The maximum Gasteiger partial charge on any atom is 0.243 e. The summed E-state index contributed by atoms with van der Waals surface area (Å²) < 4.78 is 28.4. The van der Waals surface area contributed by atoms with Gasteiger partial charge in [0.2, 0.25) is 10.0 Å². The van der Waals surface area contributed by atoms with Crippen molar-refractivity contribution >= 4 is 20.8 Å². The van der Waals surface area contributed by atoms with Gasteiger partial charge in [0.05, 0.1) is 4.90 Å². The van der Waals surface area contributed by atoms with E-state index < -0.39 is 10.0 Å². The molecule has 5 nitrogen and oxygen atoms in total. The second-order valence-electron chi connectivity index (χ2n) is 6.05. The van der Waals surface area contributed by atoms with Crippen LogP contribution in [-0.2, 0) is 10.0 Å². The minimum absolute atomic E-state index is 0.0000931. The van der Waals surface area contributed by atoms with E-state index in [2.05, 4.69) is 10.3 Å². The Morgan fingerprint density at radius 3 is 2.96 bits per heavy atom. The van der Waals surface area contributed by atoms with Gasteiger partial charge in [0.1, 0.15) is 0 Å². The molecule has 1 aliphatic rings. The molecular formula is C17H23N3O2S. The molecule has 2 heterocycles. The lowest BCUT2D eigenvalue weighted by molar-refractivity contribution is 0.327. The molecule has 1 saturated heterocycles. The van der Waals surface area contributed by atoms with Crippen LogP contribution in [0.15, 0.2) is 35.5 Å². The molecular weight excluding hydrogens is 310 g/mol. The lowest BCUT2D eigenvalue weighted by atomic mass is 10.1. The Balaban J connectivity index is 2.16. The van der Waals surface area contributed by atoms with Crippen molar-refractivity contribution in [3.05, 3.63) is 36.2 Å². The van der Waals surface area contributed by atoms with Crippen LogP contribution in [-0.4, -0.2) is 43.4 Å². The molecule has 6 heteroatoms. The first-order valence-corrected chi connectivity index (χ1v) is 9.55. The van der Waals surface area contributed by atoms with Crippen molar-refractivity contribution in [1.82, 2.24) is 14.6 Å². The Morgan fingerprint density at radius 1 is 1.35 bits per heavy atom. The number of pyridine rings is 1. The van der Waals surface area contributed by atoms with Crippen LogP contribution in [0.3, 0.4) is 0 Å². The van der Waals surface area contributed by atoms with Crippen LogP contribution in [0.4, 0.5) is 0 Å². The largest absolute Gasteiger partial charge is 0.315 e. The minimum atomic E-state index is -3.53. The summed E-state index contributed by atoms with van der Waals surface area (Å²) >= 11 is 0. The van der Waals surface area contributed by atoms with Gasteiger partial charge in [0.25, 0.3) is 0 Å². The number of hydrogen-bond acceptors (Lipinski definition) is 4. The van der Waals surface area contributed by atoms with Crippen molar-refractivity contribution < 1.29 is 8.42 Å². The van der Waals surface area contributed by atoms with E-state index in [0.29, 0.717) is 18.0 Å². The fourth-order valence-corrected chi connectivity index (χ4v) is 5.32. The predicted octanol–water partition coefficient (Wildman–Crippen LogP) is 2.31. The fraction of sp³-hybridized carbons (Fsp3) is 0.471. The van der Waals surface area contributed by atoms with Crippen LogP contribution in [0.25, 0.3) is 10.8 Å². The molecule has 124 valence electrons. The standard InChI is InChI=1S/C17H23N3O2S/c1-3-15-12-18-8-5-9-20(15)23(21,22)16-7-4-6-14-11-19-10-13(2)17(14)16/h4,6-7,10-11,15,18H,3,5,8-9,12H2,1-2H3. The molecule has 3 rings (SSSR count). The van der Waals surface area contributed by atoms with E-state index >= 15 is 0 Å². The van der Waals surface area contributed by atoms with Gasteiger partial charge in [-0.1, -0.05) is 19.1 Å². The number of benzene rings is 1. The van der Waals surface area contributed by atoms with Crippen LogP contribution in [0.2, 0.25) is 0 Å². The van der Waals surface area contributed by atoms with Crippen molar-refractivity contribution in [3.63, 3.8) is 0 Å². The molecule has 1 fully saturated rings. The highest BCUT2D eigenvalue weighted by atomic mass is 32.2. The van der Waals surface area contributed by atoms with Crippen molar-refractivity contribution in [2.24, 2.45) is 0 Å². The van der Waals surface area contributed by atoms with Gasteiger partial charge in [-0.25, -0.2) is 8.42 Å². The topological polar surface area (TPSA) is 62.3 Å². The molecule has 0 spiro atoms. The summed E-state index contributed by atoms with van der Waals surface area (Å²) in [6.45, 7) is 6.09. The average Bonchev–Trinajstić information content (AvgIpc) is 2.80. The Morgan fingerprint density at radius 2 is 2.17 bits per heavy atom. The molecule has 2 aromatic rings. The third-order valence-corrected chi connectivity index (χ3v) is 6.51. The smallest absolute Gasteiger partial charge is 0.243 e. The third-order valence-electron chi connectivity index (χ3n) is 4.51. The highest BCUT2D eigenvalue weighted by Gasteiger charge is 2.32. The summed E-state index contributed by atoms with van der Waals surface area (Å²) in [5, 5.41) is 4.99. The number of sulfonamides is 1. The second-order valence-corrected chi connectivity index (χ2v) is 7.91. The SMILES string of the molecule is CCC1CNCCCN1S(=O)(=O)c1cccc2cncc(C)c12. The zero-order chi connectivity index (χ0) is 16.4. The summed E-state index contributed by atoms with van der Waals surface area (Å²) in [7, 11) is -3.53. The highest BCUT2D eigenvalue weighted by molar-refractivity contribution is 7.89. The Bertz CT molecular complexity index is 799. The first-order valence-electron chi connectivity index (χ1n) is 8.11. The number of aryl methyl sites for hydroxylation is 1. The first kappa shape index (κ1) is 16.4. The number of nitrogens with one attached hydrogen (secondary N) is 1. The van der Waals surface area contributed by atoms with Gasteiger partial charge in [-0.3, -0.25) is 4.98 Å². The summed E-state index contributed by atoms with van der Waals surface area (Å²) in [5.41, 5.74) is 0.891. The Labute approximate surface area is 137 Å². The van der Waals surface area contributed by atoms with Crippen molar-refractivity contribution in [2.45, 2.75) is 37.6 Å². The van der Waals surface area contributed by atoms with E-state index in [4.69, 9.17) is 0 Å². The van der Waals surface area contributed by atoms with Crippen LogP contribution in [0.1, 0.15) is 25.3 Å². The van der Waals surface area contributed by atoms with Crippen LogP contribution in [0, 0.1) is 6.92 Å². The zero-order valence-electron chi connectivity index (χ0n) is 13.6. The lowest BCUT2D eigenvalue weighted by Gasteiger charge is -2.28. The molecule has 0 aliphatic carbocycles.